The van der Waals surface area contributed by atoms with Crippen molar-refractivity contribution >= 4 is 11.9 Å². The van der Waals surface area contributed by atoms with Crippen molar-refractivity contribution < 1.29 is 0 Å². The van der Waals surface area contributed by atoms with Gasteiger partial charge in [-0.1, -0.05) is 20.3 Å². The molecule has 1 unspecified atom stereocenters. The summed E-state index contributed by atoms with van der Waals surface area (Å²) in [7, 11) is 1.94. The summed E-state index contributed by atoms with van der Waals surface area (Å²) in [5, 5.41) is 4.01. The van der Waals surface area contributed by atoms with E-state index in [-0.39, 0.29) is 5.95 Å². The molecule has 2 aromatic rings. The molecule has 0 radical (unpaired) electrons. The van der Waals surface area contributed by atoms with Crippen LogP contribution >= 0.6 is 0 Å². The summed E-state index contributed by atoms with van der Waals surface area (Å²) >= 11 is 0. The van der Waals surface area contributed by atoms with Gasteiger partial charge in [-0.15, -0.1) is 0 Å². The maximum Gasteiger partial charge on any atom is 0.258 e. The van der Waals surface area contributed by atoms with E-state index in [9.17, 15) is 0 Å². The first-order valence-corrected chi connectivity index (χ1v) is 6.42. The molecule has 2 heterocycles. The van der Waals surface area contributed by atoms with Gasteiger partial charge in [-0.3, -0.25) is 5.43 Å². The molecule has 0 aliphatic carbocycles. The van der Waals surface area contributed by atoms with Gasteiger partial charge in [0.2, 0.25) is 11.9 Å². The normalized spacial score (nSPS) is 12.2. The first-order valence-electron chi connectivity index (χ1n) is 6.42. The molecule has 0 amide bonds. The highest BCUT2D eigenvalue weighted by atomic mass is 15.4. The predicted molar refractivity (Wildman–Crippen MR) is 75.3 cm³/mol. The zero-order valence-electron chi connectivity index (χ0n) is 11.9. The van der Waals surface area contributed by atoms with Crippen LogP contribution in [0.5, 0.6) is 0 Å². The maximum absolute atomic E-state index is 5.40. The number of nitrogens with zero attached hydrogens (tertiary/aromatic N) is 7. The minimum atomic E-state index is 0.288. The zero-order valence-corrected chi connectivity index (χ0v) is 11.9. The fourth-order valence-electron chi connectivity index (χ4n) is 1.68. The molecule has 2 aromatic heterocycles. The summed E-state index contributed by atoms with van der Waals surface area (Å²) in [5.41, 5.74) is 2.44. The summed E-state index contributed by atoms with van der Waals surface area (Å²) in [4.78, 5) is 18.6. The SMILES string of the molecule is CCC(C)CN(C)c1nc(NN)nc(-n2cncn2)n1. The Morgan fingerprint density at radius 1 is 1.40 bits per heavy atom. The molecule has 0 aliphatic rings. The Kier molecular flexibility index (Phi) is 4.41. The minimum Gasteiger partial charge on any atom is -0.343 e. The molecule has 0 aliphatic heterocycles. The summed E-state index contributed by atoms with van der Waals surface area (Å²) in [6.07, 6.45) is 4.03. The maximum atomic E-state index is 5.40. The molecule has 0 saturated heterocycles. The number of hydrogen-bond acceptors (Lipinski definition) is 8. The second kappa shape index (κ2) is 6.24. The van der Waals surface area contributed by atoms with Crippen molar-refractivity contribution in [2.24, 2.45) is 11.8 Å². The van der Waals surface area contributed by atoms with Gasteiger partial charge < -0.3 is 4.90 Å². The van der Waals surface area contributed by atoms with Crippen molar-refractivity contribution in [3.63, 3.8) is 0 Å². The molecule has 0 fully saturated rings. The molecule has 9 nitrogen and oxygen atoms in total. The second-order valence-corrected chi connectivity index (χ2v) is 4.64. The lowest BCUT2D eigenvalue weighted by atomic mass is 10.1. The van der Waals surface area contributed by atoms with Crippen molar-refractivity contribution in [1.82, 2.24) is 29.7 Å². The third-order valence-electron chi connectivity index (χ3n) is 2.99. The lowest BCUT2D eigenvalue weighted by Gasteiger charge is -2.21. The molecule has 0 spiro atoms. The topological polar surface area (TPSA) is 111 Å². The van der Waals surface area contributed by atoms with Crippen molar-refractivity contribution in [3.8, 4) is 5.95 Å². The highest BCUT2D eigenvalue weighted by Crippen LogP contribution is 2.13. The Balaban J connectivity index is 2.31. The first-order chi connectivity index (χ1) is 9.63. The fourth-order valence-corrected chi connectivity index (χ4v) is 1.68. The number of nitrogen functional groups attached to an aromatic ring is 1. The predicted octanol–water partition coefficient (Wildman–Crippen LogP) is 0.220. The van der Waals surface area contributed by atoms with E-state index in [2.05, 4.69) is 44.3 Å². The van der Waals surface area contributed by atoms with Gasteiger partial charge in [0.25, 0.3) is 5.95 Å². The zero-order chi connectivity index (χ0) is 14.5. The number of aromatic nitrogens is 6. The first kappa shape index (κ1) is 14.1. The van der Waals surface area contributed by atoms with E-state index in [1.54, 1.807) is 0 Å². The molecular formula is C11H19N9. The van der Waals surface area contributed by atoms with Crippen LogP contribution in [0.15, 0.2) is 12.7 Å². The quantitative estimate of drug-likeness (QED) is 0.570. The molecule has 108 valence electrons. The van der Waals surface area contributed by atoms with Crippen LogP contribution in [0, 0.1) is 5.92 Å². The van der Waals surface area contributed by atoms with E-state index in [4.69, 9.17) is 5.84 Å². The van der Waals surface area contributed by atoms with Crippen LogP contribution in [0.4, 0.5) is 11.9 Å². The molecule has 0 saturated carbocycles. The Labute approximate surface area is 117 Å². The highest BCUT2D eigenvalue weighted by molar-refractivity contribution is 5.38. The van der Waals surface area contributed by atoms with Crippen molar-refractivity contribution in [1.29, 1.82) is 0 Å². The molecule has 9 heteroatoms. The van der Waals surface area contributed by atoms with Crippen LogP contribution in [0.25, 0.3) is 5.95 Å². The lowest BCUT2D eigenvalue weighted by molar-refractivity contribution is 0.554. The molecule has 0 bridgehead atoms. The van der Waals surface area contributed by atoms with Crippen LogP contribution < -0.4 is 16.2 Å². The Morgan fingerprint density at radius 3 is 2.80 bits per heavy atom. The average Bonchev–Trinajstić information content (AvgIpc) is 3.00. The number of hydrogen-bond donors (Lipinski definition) is 2. The third kappa shape index (κ3) is 3.18. The highest BCUT2D eigenvalue weighted by Gasteiger charge is 2.13. The number of anilines is 2. The Hall–Kier alpha value is -2.29. The van der Waals surface area contributed by atoms with Gasteiger partial charge in [-0.05, 0) is 5.92 Å². The largest absolute Gasteiger partial charge is 0.343 e. The van der Waals surface area contributed by atoms with Crippen molar-refractivity contribution in [2.75, 3.05) is 23.9 Å². The molecule has 1 atom stereocenters. The van der Waals surface area contributed by atoms with Gasteiger partial charge in [0.1, 0.15) is 12.7 Å². The van der Waals surface area contributed by atoms with Gasteiger partial charge in [0.15, 0.2) is 0 Å². The molecular weight excluding hydrogens is 258 g/mol. The van der Waals surface area contributed by atoms with E-state index in [0.29, 0.717) is 17.8 Å². The standard InChI is InChI=1S/C11H19N9/c1-4-8(2)5-19(3)10-15-9(18-12)16-11(17-10)20-7-13-6-14-20/h6-8H,4-5,12H2,1-3H3,(H,15,16,17,18). The van der Waals surface area contributed by atoms with Crippen LogP contribution in [-0.2, 0) is 0 Å². The number of nitrogens with one attached hydrogen (secondary N) is 1. The van der Waals surface area contributed by atoms with Gasteiger partial charge in [-0.25, -0.2) is 10.8 Å². The van der Waals surface area contributed by atoms with Crippen LogP contribution in [0.3, 0.4) is 0 Å². The summed E-state index contributed by atoms with van der Waals surface area (Å²) in [6.45, 7) is 5.18. The van der Waals surface area contributed by atoms with E-state index < -0.39 is 0 Å². The Morgan fingerprint density at radius 2 is 2.20 bits per heavy atom. The van der Waals surface area contributed by atoms with E-state index in [0.717, 1.165) is 13.0 Å². The van der Waals surface area contributed by atoms with Crippen LogP contribution in [-0.4, -0.2) is 43.3 Å². The number of nitrogens with two attached hydrogens (primary N) is 1. The second-order valence-electron chi connectivity index (χ2n) is 4.64. The molecule has 20 heavy (non-hydrogen) atoms. The monoisotopic (exact) mass is 277 g/mol. The van der Waals surface area contributed by atoms with Gasteiger partial charge in [0, 0.05) is 13.6 Å². The summed E-state index contributed by atoms with van der Waals surface area (Å²) < 4.78 is 1.46. The van der Waals surface area contributed by atoms with E-state index in [1.165, 1.54) is 17.3 Å². The summed E-state index contributed by atoms with van der Waals surface area (Å²) in [6, 6.07) is 0. The van der Waals surface area contributed by atoms with Crippen molar-refractivity contribution in [3.05, 3.63) is 12.7 Å². The molecule has 3 N–H and O–H groups in total. The van der Waals surface area contributed by atoms with Gasteiger partial charge >= 0.3 is 0 Å². The van der Waals surface area contributed by atoms with Crippen molar-refractivity contribution in [2.45, 2.75) is 20.3 Å². The Bertz CT molecular complexity index is 539. The number of hydrazine groups is 1. The summed E-state index contributed by atoms with van der Waals surface area (Å²) in [5.74, 6) is 7.15. The lowest BCUT2D eigenvalue weighted by Crippen LogP contribution is -2.27. The van der Waals surface area contributed by atoms with Gasteiger partial charge in [-0.2, -0.15) is 24.7 Å². The van der Waals surface area contributed by atoms with Crippen LogP contribution in [0.2, 0.25) is 0 Å². The third-order valence-corrected chi connectivity index (χ3v) is 2.99. The van der Waals surface area contributed by atoms with Gasteiger partial charge in [0.05, 0.1) is 0 Å². The average molecular weight is 277 g/mol. The number of rotatable bonds is 6. The minimum absolute atomic E-state index is 0.288. The van der Waals surface area contributed by atoms with Crippen LogP contribution in [0.1, 0.15) is 20.3 Å². The molecule has 0 aromatic carbocycles. The van der Waals surface area contributed by atoms with E-state index in [1.807, 2.05) is 11.9 Å². The molecule has 2 rings (SSSR count). The fraction of sp³-hybridized carbons (Fsp3) is 0.545. The smallest absolute Gasteiger partial charge is 0.258 e. The van der Waals surface area contributed by atoms with E-state index >= 15 is 0 Å².